The minimum Gasteiger partial charge on any atom is -0.341 e. The van der Waals surface area contributed by atoms with Gasteiger partial charge in [-0.05, 0) is 67.1 Å². The van der Waals surface area contributed by atoms with Crippen molar-refractivity contribution in [2.45, 2.75) is 24.2 Å². The van der Waals surface area contributed by atoms with Crippen LogP contribution in [0.1, 0.15) is 18.4 Å². The van der Waals surface area contributed by atoms with E-state index in [4.69, 9.17) is 11.6 Å². The van der Waals surface area contributed by atoms with Crippen LogP contribution in [0.25, 0.3) is 0 Å². The van der Waals surface area contributed by atoms with Crippen molar-refractivity contribution in [3.8, 4) is 0 Å². The summed E-state index contributed by atoms with van der Waals surface area (Å²) in [6.07, 6.45) is 2.83. The van der Waals surface area contributed by atoms with E-state index in [1.807, 2.05) is 24.3 Å². The summed E-state index contributed by atoms with van der Waals surface area (Å²) in [7, 11) is -3.93. The Hall–Kier alpha value is -2.83. The first kappa shape index (κ1) is 23.3. The van der Waals surface area contributed by atoms with Gasteiger partial charge in [-0.3, -0.25) is 9.10 Å². The first-order valence-electron chi connectivity index (χ1n) is 11.1. The second kappa shape index (κ2) is 10.4. The van der Waals surface area contributed by atoms with E-state index in [0.717, 1.165) is 19.3 Å². The Kier molecular flexibility index (Phi) is 7.36. The van der Waals surface area contributed by atoms with Gasteiger partial charge in [0.2, 0.25) is 5.91 Å². The molecule has 0 radical (unpaired) electrons. The maximum absolute atomic E-state index is 13.4. The van der Waals surface area contributed by atoms with E-state index in [1.165, 1.54) is 34.1 Å². The SMILES string of the molecule is O=C(CN(c1ccccc1)S(=O)(=O)c1ccc(Cl)cc1)N1CCC(Cc2ccccc2)CC1. The number of likely N-dealkylation sites (tertiary alicyclic amines) is 1. The molecule has 0 unspecified atom stereocenters. The van der Waals surface area contributed by atoms with Crippen LogP contribution in [0.15, 0.2) is 89.8 Å². The number of para-hydroxylation sites is 1. The van der Waals surface area contributed by atoms with Gasteiger partial charge in [-0.15, -0.1) is 0 Å². The molecule has 1 aliphatic rings. The van der Waals surface area contributed by atoms with Crippen LogP contribution >= 0.6 is 11.6 Å². The monoisotopic (exact) mass is 482 g/mol. The summed E-state index contributed by atoms with van der Waals surface area (Å²) in [6, 6.07) is 25.1. The molecule has 7 heteroatoms. The van der Waals surface area contributed by atoms with E-state index in [2.05, 4.69) is 12.1 Å². The van der Waals surface area contributed by atoms with Crippen LogP contribution in [-0.4, -0.2) is 38.9 Å². The minimum atomic E-state index is -3.93. The molecule has 1 saturated heterocycles. The summed E-state index contributed by atoms with van der Waals surface area (Å²) < 4.78 is 28.0. The summed E-state index contributed by atoms with van der Waals surface area (Å²) in [6.45, 7) is 1.04. The Morgan fingerprint density at radius 1 is 0.879 bits per heavy atom. The molecule has 0 saturated carbocycles. The van der Waals surface area contributed by atoms with Crippen LogP contribution < -0.4 is 4.31 Å². The van der Waals surface area contributed by atoms with E-state index in [0.29, 0.717) is 29.7 Å². The molecule has 0 atom stereocenters. The van der Waals surface area contributed by atoms with Crippen LogP contribution in [0.4, 0.5) is 5.69 Å². The number of sulfonamides is 1. The largest absolute Gasteiger partial charge is 0.341 e. The Morgan fingerprint density at radius 3 is 2.06 bits per heavy atom. The Bertz CT molecular complexity index is 1160. The van der Waals surface area contributed by atoms with Crippen molar-refractivity contribution in [1.82, 2.24) is 4.90 Å². The van der Waals surface area contributed by atoms with Crippen LogP contribution in [-0.2, 0) is 21.2 Å². The molecule has 1 heterocycles. The molecule has 4 rings (SSSR count). The number of anilines is 1. The van der Waals surface area contributed by atoms with Gasteiger partial charge in [0.1, 0.15) is 6.54 Å². The number of carbonyl (C=O) groups excluding carboxylic acids is 1. The Labute approximate surface area is 200 Å². The molecule has 0 aromatic heterocycles. The Balaban J connectivity index is 1.47. The number of rotatable bonds is 7. The number of carbonyl (C=O) groups is 1. The van der Waals surface area contributed by atoms with E-state index < -0.39 is 10.0 Å². The lowest BCUT2D eigenvalue weighted by Gasteiger charge is -2.34. The molecule has 172 valence electrons. The first-order valence-corrected chi connectivity index (χ1v) is 12.9. The van der Waals surface area contributed by atoms with E-state index in [1.54, 1.807) is 29.2 Å². The zero-order valence-electron chi connectivity index (χ0n) is 18.3. The number of piperidine rings is 1. The molecule has 3 aromatic carbocycles. The molecule has 0 N–H and O–H groups in total. The van der Waals surface area contributed by atoms with Crippen LogP contribution in [0.5, 0.6) is 0 Å². The Morgan fingerprint density at radius 2 is 1.45 bits per heavy atom. The number of nitrogens with zero attached hydrogens (tertiary/aromatic N) is 2. The standard InChI is InChI=1S/C26H27ClN2O3S/c27-23-11-13-25(14-12-23)33(31,32)29(24-9-5-2-6-10-24)20-26(30)28-17-15-22(16-18-28)19-21-7-3-1-4-8-21/h1-14,22H,15-20H2. The van der Waals surface area contributed by atoms with Gasteiger partial charge in [-0.25, -0.2) is 8.42 Å². The highest BCUT2D eigenvalue weighted by molar-refractivity contribution is 7.92. The highest BCUT2D eigenvalue weighted by Gasteiger charge is 2.30. The second-order valence-electron chi connectivity index (χ2n) is 8.32. The minimum absolute atomic E-state index is 0.102. The van der Waals surface area contributed by atoms with Crippen molar-refractivity contribution in [2.75, 3.05) is 23.9 Å². The quantitative estimate of drug-likeness (QED) is 0.475. The summed E-state index contributed by atoms with van der Waals surface area (Å²) in [5, 5.41) is 0.453. The van der Waals surface area contributed by atoms with Crippen molar-refractivity contribution < 1.29 is 13.2 Å². The summed E-state index contributed by atoms with van der Waals surface area (Å²) in [5.74, 6) is 0.342. The zero-order valence-corrected chi connectivity index (χ0v) is 19.9. The average Bonchev–Trinajstić information content (AvgIpc) is 2.84. The van der Waals surface area contributed by atoms with Gasteiger partial charge in [0.05, 0.1) is 10.6 Å². The molecule has 0 bridgehead atoms. The van der Waals surface area contributed by atoms with Crippen molar-refractivity contribution in [3.05, 3.63) is 95.5 Å². The fraction of sp³-hybridized carbons (Fsp3) is 0.269. The van der Waals surface area contributed by atoms with E-state index in [-0.39, 0.29) is 17.3 Å². The summed E-state index contributed by atoms with van der Waals surface area (Å²) >= 11 is 5.94. The molecule has 0 spiro atoms. The lowest BCUT2D eigenvalue weighted by Crippen LogP contribution is -2.46. The van der Waals surface area contributed by atoms with Crippen molar-refractivity contribution in [1.29, 1.82) is 0 Å². The predicted octanol–water partition coefficient (Wildman–Crippen LogP) is 5.02. The van der Waals surface area contributed by atoms with Gasteiger partial charge in [0.15, 0.2) is 0 Å². The third-order valence-electron chi connectivity index (χ3n) is 6.06. The first-order chi connectivity index (χ1) is 15.9. The topological polar surface area (TPSA) is 57.7 Å². The van der Waals surface area contributed by atoms with E-state index >= 15 is 0 Å². The second-order valence-corrected chi connectivity index (χ2v) is 10.6. The van der Waals surface area contributed by atoms with Gasteiger partial charge >= 0.3 is 0 Å². The average molecular weight is 483 g/mol. The van der Waals surface area contributed by atoms with Crippen molar-refractivity contribution in [2.24, 2.45) is 5.92 Å². The smallest absolute Gasteiger partial charge is 0.264 e. The highest BCUT2D eigenvalue weighted by atomic mass is 35.5. The third-order valence-corrected chi connectivity index (χ3v) is 8.10. The molecule has 1 aliphatic heterocycles. The van der Waals surface area contributed by atoms with Gasteiger partial charge in [0.25, 0.3) is 10.0 Å². The highest BCUT2D eigenvalue weighted by Crippen LogP contribution is 2.26. The number of halogens is 1. The van der Waals surface area contributed by atoms with E-state index in [9.17, 15) is 13.2 Å². The van der Waals surface area contributed by atoms with Gasteiger partial charge in [0, 0.05) is 18.1 Å². The number of hydrogen-bond donors (Lipinski definition) is 0. The number of benzene rings is 3. The fourth-order valence-corrected chi connectivity index (χ4v) is 5.74. The van der Waals surface area contributed by atoms with Crippen LogP contribution in [0.3, 0.4) is 0 Å². The molecule has 3 aromatic rings. The maximum Gasteiger partial charge on any atom is 0.264 e. The number of hydrogen-bond acceptors (Lipinski definition) is 3. The number of amides is 1. The van der Waals surface area contributed by atoms with Gasteiger partial charge in [-0.1, -0.05) is 60.1 Å². The van der Waals surface area contributed by atoms with Crippen molar-refractivity contribution >= 4 is 33.2 Å². The van der Waals surface area contributed by atoms with Crippen molar-refractivity contribution in [3.63, 3.8) is 0 Å². The summed E-state index contributed by atoms with van der Waals surface area (Å²) in [5.41, 5.74) is 1.77. The van der Waals surface area contributed by atoms with Gasteiger partial charge in [-0.2, -0.15) is 0 Å². The normalized spacial score (nSPS) is 14.8. The fourth-order valence-electron chi connectivity index (χ4n) is 4.20. The molecule has 0 aliphatic carbocycles. The lowest BCUT2D eigenvalue weighted by atomic mass is 9.90. The maximum atomic E-state index is 13.4. The molecule has 33 heavy (non-hydrogen) atoms. The van der Waals surface area contributed by atoms with Crippen LogP contribution in [0, 0.1) is 5.92 Å². The predicted molar refractivity (Wildman–Crippen MR) is 132 cm³/mol. The molecule has 5 nitrogen and oxygen atoms in total. The zero-order chi connectivity index (χ0) is 23.3. The molecular formula is C26H27ClN2O3S. The molecule has 1 fully saturated rings. The molecule has 1 amide bonds. The summed E-state index contributed by atoms with van der Waals surface area (Å²) in [4.78, 5) is 15.1. The van der Waals surface area contributed by atoms with Gasteiger partial charge < -0.3 is 4.90 Å². The van der Waals surface area contributed by atoms with Crippen LogP contribution in [0.2, 0.25) is 5.02 Å². The lowest BCUT2D eigenvalue weighted by molar-refractivity contribution is -0.130. The molecular weight excluding hydrogens is 456 g/mol. The third kappa shape index (κ3) is 5.75.